The number of benzene rings is 1. The van der Waals surface area contributed by atoms with E-state index < -0.39 is 0 Å². The van der Waals surface area contributed by atoms with Crippen LogP contribution in [-0.2, 0) is 0 Å². The van der Waals surface area contributed by atoms with Crippen LogP contribution in [0.4, 0.5) is 0 Å². The molecule has 0 radical (unpaired) electrons. The van der Waals surface area contributed by atoms with Gasteiger partial charge in [0, 0.05) is 11.1 Å². The number of hydrogen-bond acceptors (Lipinski definition) is 2. The van der Waals surface area contributed by atoms with Crippen molar-refractivity contribution in [2.45, 2.75) is 6.92 Å². The lowest BCUT2D eigenvalue weighted by Crippen LogP contribution is -1.86. The molecule has 0 amide bonds. The van der Waals surface area contributed by atoms with Crippen LogP contribution in [0.15, 0.2) is 39.4 Å². The van der Waals surface area contributed by atoms with Crippen LogP contribution >= 0.6 is 15.9 Å². The third kappa shape index (κ3) is 1.88. The van der Waals surface area contributed by atoms with Crippen LogP contribution in [-0.4, -0.2) is 6.29 Å². The van der Waals surface area contributed by atoms with E-state index in [1.54, 1.807) is 12.3 Å². The Balaban J connectivity index is 2.61. The highest BCUT2D eigenvalue weighted by atomic mass is 79.9. The fourth-order valence-corrected chi connectivity index (χ4v) is 1.86. The summed E-state index contributed by atoms with van der Waals surface area (Å²) in [7, 11) is 0. The molecule has 2 aromatic rings. The van der Waals surface area contributed by atoms with Crippen LogP contribution in [0.1, 0.15) is 15.9 Å². The number of halogens is 1. The molecule has 76 valence electrons. The van der Waals surface area contributed by atoms with Crippen molar-refractivity contribution in [3.63, 3.8) is 0 Å². The number of rotatable bonds is 2. The molecule has 0 aliphatic rings. The quantitative estimate of drug-likeness (QED) is 0.772. The molecule has 0 atom stereocenters. The highest BCUT2D eigenvalue weighted by molar-refractivity contribution is 9.10. The number of carbonyl (C=O) groups excluding carboxylic acids is 1. The first-order chi connectivity index (χ1) is 7.22. The highest BCUT2D eigenvalue weighted by Crippen LogP contribution is 2.31. The van der Waals surface area contributed by atoms with E-state index in [1.807, 2.05) is 25.1 Å². The Morgan fingerprint density at radius 2 is 2.13 bits per heavy atom. The lowest BCUT2D eigenvalue weighted by Gasteiger charge is -2.03. The third-order valence-corrected chi connectivity index (χ3v) is 2.88. The van der Waals surface area contributed by atoms with Gasteiger partial charge in [-0.1, -0.05) is 12.1 Å². The zero-order chi connectivity index (χ0) is 10.8. The summed E-state index contributed by atoms with van der Waals surface area (Å²) in [6, 6.07) is 7.37. The Bertz CT molecular complexity index is 500. The molecule has 0 fully saturated rings. The van der Waals surface area contributed by atoms with Crippen molar-refractivity contribution in [3.05, 3.63) is 46.1 Å². The molecule has 2 nitrogen and oxygen atoms in total. The van der Waals surface area contributed by atoms with Crippen molar-refractivity contribution in [3.8, 4) is 11.3 Å². The second-order valence-electron chi connectivity index (χ2n) is 3.29. The SMILES string of the molecule is Cc1ccc(C=O)cc1-c1occc1Br. The summed E-state index contributed by atoms with van der Waals surface area (Å²) in [6.07, 6.45) is 2.45. The number of furan rings is 1. The van der Waals surface area contributed by atoms with Crippen LogP contribution in [0.5, 0.6) is 0 Å². The predicted molar refractivity (Wildman–Crippen MR) is 62.0 cm³/mol. The van der Waals surface area contributed by atoms with Crippen LogP contribution < -0.4 is 0 Å². The largest absolute Gasteiger partial charge is 0.463 e. The standard InChI is InChI=1S/C12H9BrO2/c1-8-2-3-9(7-14)6-10(8)12-11(13)4-5-15-12/h2-7H,1H3. The van der Waals surface area contributed by atoms with Crippen molar-refractivity contribution in [2.24, 2.45) is 0 Å². The first-order valence-electron chi connectivity index (χ1n) is 4.51. The monoisotopic (exact) mass is 264 g/mol. The van der Waals surface area contributed by atoms with E-state index in [1.165, 1.54) is 0 Å². The molecule has 1 aromatic carbocycles. The maximum atomic E-state index is 10.7. The minimum absolute atomic E-state index is 0.652. The smallest absolute Gasteiger partial charge is 0.150 e. The molecule has 15 heavy (non-hydrogen) atoms. The fourth-order valence-electron chi connectivity index (χ4n) is 1.44. The molecule has 0 aliphatic carbocycles. The van der Waals surface area contributed by atoms with Crippen molar-refractivity contribution >= 4 is 22.2 Å². The molecule has 0 aliphatic heterocycles. The molecular weight excluding hydrogens is 256 g/mol. The molecule has 0 spiro atoms. The van der Waals surface area contributed by atoms with Gasteiger partial charge in [0.2, 0.25) is 0 Å². The molecule has 3 heteroatoms. The first-order valence-corrected chi connectivity index (χ1v) is 5.31. The van der Waals surface area contributed by atoms with E-state index in [4.69, 9.17) is 4.42 Å². The summed E-state index contributed by atoms with van der Waals surface area (Å²) in [6.45, 7) is 1.98. The summed E-state index contributed by atoms with van der Waals surface area (Å²) in [5, 5.41) is 0. The number of aryl methyl sites for hydroxylation is 1. The molecule has 1 aromatic heterocycles. The van der Waals surface area contributed by atoms with Crippen molar-refractivity contribution in [2.75, 3.05) is 0 Å². The summed E-state index contributed by atoms with van der Waals surface area (Å²) in [4.78, 5) is 10.7. The van der Waals surface area contributed by atoms with E-state index >= 15 is 0 Å². The molecule has 0 unspecified atom stereocenters. The van der Waals surface area contributed by atoms with Gasteiger partial charge in [0.25, 0.3) is 0 Å². The third-order valence-electron chi connectivity index (χ3n) is 2.26. The van der Waals surface area contributed by atoms with Gasteiger partial charge >= 0.3 is 0 Å². The number of aldehydes is 1. The molecule has 2 rings (SSSR count). The summed E-state index contributed by atoms with van der Waals surface area (Å²) in [5.41, 5.74) is 2.67. The van der Waals surface area contributed by atoms with Crippen LogP contribution in [0.2, 0.25) is 0 Å². The van der Waals surface area contributed by atoms with Crippen molar-refractivity contribution in [1.82, 2.24) is 0 Å². The Morgan fingerprint density at radius 1 is 1.33 bits per heavy atom. The maximum Gasteiger partial charge on any atom is 0.150 e. The molecule has 0 N–H and O–H groups in total. The van der Waals surface area contributed by atoms with Crippen LogP contribution in [0.25, 0.3) is 11.3 Å². The van der Waals surface area contributed by atoms with Gasteiger partial charge in [-0.25, -0.2) is 0 Å². The topological polar surface area (TPSA) is 30.2 Å². The van der Waals surface area contributed by atoms with Gasteiger partial charge in [-0.2, -0.15) is 0 Å². The Labute approximate surface area is 96.0 Å². The Kier molecular flexibility index (Phi) is 2.73. The van der Waals surface area contributed by atoms with Gasteiger partial charge in [-0.3, -0.25) is 4.79 Å². The molecule has 0 saturated heterocycles. The summed E-state index contributed by atoms with van der Waals surface area (Å²) in [5.74, 6) is 0.760. The lowest BCUT2D eigenvalue weighted by atomic mass is 10.0. The second-order valence-corrected chi connectivity index (χ2v) is 4.14. The van der Waals surface area contributed by atoms with Crippen molar-refractivity contribution < 1.29 is 9.21 Å². The predicted octanol–water partition coefficient (Wildman–Crippen LogP) is 3.83. The van der Waals surface area contributed by atoms with Gasteiger partial charge in [0.15, 0.2) is 0 Å². The lowest BCUT2D eigenvalue weighted by molar-refractivity contribution is 0.112. The number of hydrogen-bond donors (Lipinski definition) is 0. The van der Waals surface area contributed by atoms with E-state index in [2.05, 4.69) is 15.9 Å². The van der Waals surface area contributed by atoms with E-state index in [0.29, 0.717) is 5.56 Å². The molecule has 1 heterocycles. The number of carbonyl (C=O) groups is 1. The Morgan fingerprint density at radius 3 is 2.73 bits per heavy atom. The average molecular weight is 265 g/mol. The summed E-state index contributed by atoms with van der Waals surface area (Å²) < 4.78 is 6.26. The van der Waals surface area contributed by atoms with Gasteiger partial charge in [-0.15, -0.1) is 0 Å². The van der Waals surface area contributed by atoms with Gasteiger partial charge in [0.05, 0.1) is 10.7 Å². The zero-order valence-corrected chi connectivity index (χ0v) is 9.74. The first kappa shape index (κ1) is 10.2. The highest BCUT2D eigenvalue weighted by Gasteiger charge is 2.09. The minimum Gasteiger partial charge on any atom is -0.463 e. The Hall–Kier alpha value is -1.35. The normalized spacial score (nSPS) is 10.3. The average Bonchev–Trinajstić information content (AvgIpc) is 2.65. The fraction of sp³-hybridized carbons (Fsp3) is 0.0833. The second kappa shape index (κ2) is 4.03. The van der Waals surface area contributed by atoms with Gasteiger partial charge in [-0.05, 0) is 40.5 Å². The zero-order valence-electron chi connectivity index (χ0n) is 8.16. The van der Waals surface area contributed by atoms with Gasteiger partial charge in [0.1, 0.15) is 12.0 Å². The molecule has 0 bridgehead atoms. The van der Waals surface area contributed by atoms with E-state index in [-0.39, 0.29) is 0 Å². The van der Waals surface area contributed by atoms with Crippen molar-refractivity contribution in [1.29, 1.82) is 0 Å². The van der Waals surface area contributed by atoms with E-state index in [0.717, 1.165) is 27.6 Å². The van der Waals surface area contributed by atoms with E-state index in [9.17, 15) is 4.79 Å². The van der Waals surface area contributed by atoms with Crippen LogP contribution in [0.3, 0.4) is 0 Å². The molecule has 0 saturated carbocycles. The summed E-state index contributed by atoms with van der Waals surface area (Å²) >= 11 is 3.40. The molecular formula is C12H9BrO2. The minimum atomic E-state index is 0.652. The van der Waals surface area contributed by atoms with Crippen LogP contribution in [0, 0.1) is 6.92 Å². The maximum absolute atomic E-state index is 10.7. The van der Waals surface area contributed by atoms with Gasteiger partial charge < -0.3 is 4.42 Å².